The molecule has 3 rings (SSSR count). The number of rotatable bonds is 5. The van der Waals surface area contributed by atoms with Crippen molar-refractivity contribution in [2.45, 2.75) is 0 Å². The number of oxazole rings is 1. The normalized spacial score (nSPS) is 10.9. The number of likely N-dealkylation sites (N-methyl/N-ethyl adjacent to an activating group) is 1. The van der Waals surface area contributed by atoms with Crippen LogP contribution in [0, 0.1) is 10.1 Å². The van der Waals surface area contributed by atoms with Gasteiger partial charge in [-0.2, -0.15) is 0 Å². The zero-order valence-corrected chi connectivity index (χ0v) is 12.5. The standard InChI is InChI=1S/C16H15N3O4/c1-18(8-9-20)13-6-7-14-15(10-13)23-16(17-14)11-2-4-12(5-3-11)19(21)22/h2-7,10,20H,8-9H2,1H3. The lowest BCUT2D eigenvalue weighted by Gasteiger charge is -2.17. The van der Waals surface area contributed by atoms with Crippen molar-refractivity contribution in [2.75, 3.05) is 25.1 Å². The molecule has 23 heavy (non-hydrogen) atoms. The smallest absolute Gasteiger partial charge is 0.269 e. The van der Waals surface area contributed by atoms with Crippen LogP contribution in [-0.4, -0.2) is 35.2 Å². The van der Waals surface area contributed by atoms with Crippen molar-refractivity contribution in [3.8, 4) is 11.5 Å². The first-order chi connectivity index (χ1) is 11.1. The number of hydrogen-bond acceptors (Lipinski definition) is 6. The third-order valence-corrected chi connectivity index (χ3v) is 3.57. The number of anilines is 1. The van der Waals surface area contributed by atoms with Gasteiger partial charge in [-0.3, -0.25) is 10.1 Å². The van der Waals surface area contributed by atoms with Gasteiger partial charge in [0, 0.05) is 43.0 Å². The fourth-order valence-electron chi connectivity index (χ4n) is 2.28. The van der Waals surface area contributed by atoms with Gasteiger partial charge in [-0.1, -0.05) is 0 Å². The Morgan fingerprint density at radius 2 is 2.00 bits per heavy atom. The van der Waals surface area contributed by atoms with Crippen LogP contribution < -0.4 is 4.90 Å². The molecule has 1 aromatic heterocycles. The molecular formula is C16H15N3O4. The van der Waals surface area contributed by atoms with Crippen LogP contribution in [0.1, 0.15) is 0 Å². The molecule has 118 valence electrons. The van der Waals surface area contributed by atoms with Gasteiger partial charge in [0.1, 0.15) is 5.52 Å². The molecule has 3 aromatic rings. The molecule has 0 saturated carbocycles. The van der Waals surface area contributed by atoms with E-state index in [2.05, 4.69) is 4.98 Å². The minimum atomic E-state index is -0.445. The van der Waals surface area contributed by atoms with Crippen LogP contribution in [0.3, 0.4) is 0 Å². The number of benzene rings is 2. The van der Waals surface area contributed by atoms with Crippen molar-refractivity contribution < 1.29 is 14.4 Å². The summed E-state index contributed by atoms with van der Waals surface area (Å²) in [6.45, 7) is 0.591. The molecule has 0 spiro atoms. The van der Waals surface area contributed by atoms with Crippen molar-refractivity contribution in [1.82, 2.24) is 4.98 Å². The summed E-state index contributed by atoms with van der Waals surface area (Å²) in [5.41, 5.74) is 2.95. The number of nitrogens with zero attached hydrogens (tertiary/aromatic N) is 3. The minimum Gasteiger partial charge on any atom is -0.436 e. The zero-order valence-electron chi connectivity index (χ0n) is 12.5. The van der Waals surface area contributed by atoms with Crippen molar-refractivity contribution in [1.29, 1.82) is 0 Å². The molecule has 0 amide bonds. The van der Waals surface area contributed by atoms with Gasteiger partial charge in [0.25, 0.3) is 5.69 Å². The van der Waals surface area contributed by atoms with Crippen LogP contribution >= 0.6 is 0 Å². The van der Waals surface area contributed by atoms with Crippen LogP contribution in [0.25, 0.3) is 22.6 Å². The number of nitro groups is 1. The molecule has 0 unspecified atom stereocenters. The number of hydrogen-bond donors (Lipinski definition) is 1. The predicted molar refractivity (Wildman–Crippen MR) is 86.5 cm³/mol. The van der Waals surface area contributed by atoms with E-state index in [1.54, 1.807) is 12.1 Å². The van der Waals surface area contributed by atoms with Crippen LogP contribution in [0.4, 0.5) is 11.4 Å². The molecule has 0 aliphatic carbocycles. The number of nitro benzene ring substituents is 1. The average molecular weight is 313 g/mol. The Kier molecular flexibility index (Phi) is 3.94. The second-order valence-corrected chi connectivity index (χ2v) is 5.12. The van der Waals surface area contributed by atoms with Gasteiger partial charge < -0.3 is 14.4 Å². The lowest BCUT2D eigenvalue weighted by Crippen LogP contribution is -2.20. The molecule has 0 radical (unpaired) electrons. The maximum absolute atomic E-state index is 10.7. The van der Waals surface area contributed by atoms with Crippen LogP contribution in [0.5, 0.6) is 0 Å². The van der Waals surface area contributed by atoms with Gasteiger partial charge in [-0.15, -0.1) is 0 Å². The van der Waals surface area contributed by atoms with Gasteiger partial charge in [-0.25, -0.2) is 4.98 Å². The summed E-state index contributed by atoms with van der Waals surface area (Å²) >= 11 is 0. The van der Waals surface area contributed by atoms with E-state index in [9.17, 15) is 10.1 Å². The van der Waals surface area contributed by atoms with Crippen molar-refractivity contribution >= 4 is 22.5 Å². The Morgan fingerprint density at radius 3 is 2.65 bits per heavy atom. The highest BCUT2D eigenvalue weighted by Gasteiger charge is 2.12. The lowest BCUT2D eigenvalue weighted by atomic mass is 10.2. The van der Waals surface area contributed by atoms with E-state index in [0.717, 1.165) is 5.69 Å². The summed E-state index contributed by atoms with van der Waals surface area (Å²) in [5, 5.41) is 19.7. The Balaban J connectivity index is 1.94. The van der Waals surface area contributed by atoms with Gasteiger partial charge in [0.05, 0.1) is 11.5 Å². The monoisotopic (exact) mass is 313 g/mol. The Morgan fingerprint density at radius 1 is 1.26 bits per heavy atom. The van der Waals surface area contributed by atoms with Crippen molar-refractivity contribution in [3.63, 3.8) is 0 Å². The van der Waals surface area contributed by atoms with Crippen LogP contribution in [0.2, 0.25) is 0 Å². The largest absolute Gasteiger partial charge is 0.436 e. The minimum absolute atomic E-state index is 0.0257. The summed E-state index contributed by atoms with van der Waals surface area (Å²) in [7, 11) is 1.88. The summed E-state index contributed by atoms with van der Waals surface area (Å²) in [5.74, 6) is 0.414. The van der Waals surface area contributed by atoms with Crippen molar-refractivity contribution in [3.05, 3.63) is 52.6 Å². The third-order valence-electron chi connectivity index (χ3n) is 3.57. The Hall–Kier alpha value is -2.93. The molecule has 0 atom stereocenters. The lowest BCUT2D eigenvalue weighted by molar-refractivity contribution is -0.384. The fraction of sp³-hybridized carbons (Fsp3) is 0.188. The highest BCUT2D eigenvalue weighted by Crippen LogP contribution is 2.28. The second kappa shape index (κ2) is 6.05. The molecule has 0 saturated heterocycles. The van der Waals surface area contributed by atoms with Crippen molar-refractivity contribution in [2.24, 2.45) is 0 Å². The number of non-ortho nitro benzene ring substituents is 1. The average Bonchev–Trinajstić information content (AvgIpc) is 2.98. The van der Waals surface area contributed by atoms with E-state index in [1.807, 2.05) is 30.1 Å². The maximum atomic E-state index is 10.7. The molecule has 7 heteroatoms. The van der Waals surface area contributed by atoms with E-state index in [4.69, 9.17) is 9.52 Å². The number of aliphatic hydroxyl groups is 1. The molecule has 7 nitrogen and oxygen atoms in total. The molecule has 2 aromatic carbocycles. The predicted octanol–water partition coefficient (Wildman–Crippen LogP) is 2.83. The molecule has 0 bridgehead atoms. The quantitative estimate of drug-likeness (QED) is 0.575. The summed E-state index contributed by atoms with van der Waals surface area (Å²) < 4.78 is 5.75. The van der Waals surface area contributed by atoms with E-state index in [1.165, 1.54) is 12.1 Å². The molecule has 1 heterocycles. The van der Waals surface area contributed by atoms with E-state index >= 15 is 0 Å². The van der Waals surface area contributed by atoms with E-state index < -0.39 is 4.92 Å². The number of aromatic nitrogens is 1. The molecular weight excluding hydrogens is 298 g/mol. The SMILES string of the molecule is CN(CCO)c1ccc2nc(-c3ccc([N+](=O)[O-])cc3)oc2c1. The van der Waals surface area contributed by atoms with Gasteiger partial charge >= 0.3 is 0 Å². The number of fused-ring (bicyclic) bond motifs is 1. The first-order valence-corrected chi connectivity index (χ1v) is 7.06. The number of aliphatic hydroxyl groups excluding tert-OH is 1. The first-order valence-electron chi connectivity index (χ1n) is 7.06. The maximum Gasteiger partial charge on any atom is 0.269 e. The van der Waals surface area contributed by atoms with Gasteiger partial charge in [0.2, 0.25) is 5.89 Å². The summed E-state index contributed by atoms with van der Waals surface area (Å²) in [6, 6.07) is 11.7. The Labute approximate surface area is 131 Å². The zero-order chi connectivity index (χ0) is 16.4. The molecule has 1 N–H and O–H groups in total. The topological polar surface area (TPSA) is 92.6 Å². The summed E-state index contributed by atoms with van der Waals surface area (Å²) in [6.07, 6.45) is 0. The first kappa shape index (κ1) is 15.0. The Bertz CT molecular complexity index is 842. The van der Waals surface area contributed by atoms with Gasteiger partial charge in [-0.05, 0) is 24.3 Å². The molecule has 0 aliphatic heterocycles. The van der Waals surface area contributed by atoms with E-state index in [-0.39, 0.29) is 12.3 Å². The highest BCUT2D eigenvalue weighted by molar-refractivity contribution is 5.80. The fourth-order valence-corrected chi connectivity index (χ4v) is 2.28. The highest BCUT2D eigenvalue weighted by atomic mass is 16.6. The van der Waals surface area contributed by atoms with E-state index in [0.29, 0.717) is 29.1 Å². The van der Waals surface area contributed by atoms with Crippen LogP contribution in [0.15, 0.2) is 46.9 Å². The molecule has 0 aliphatic rings. The van der Waals surface area contributed by atoms with Gasteiger partial charge in [0.15, 0.2) is 5.58 Å². The van der Waals surface area contributed by atoms with Crippen LogP contribution in [-0.2, 0) is 0 Å². The molecule has 0 fully saturated rings. The third kappa shape index (κ3) is 3.00. The summed E-state index contributed by atoms with van der Waals surface area (Å²) in [4.78, 5) is 16.6. The second-order valence-electron chi connectivity index (χ2n) is 5.12.